The normalized spacial score (nSPS) is 24.1. The average Bonchev–Trinajstić information content (AvgIpc) is 1.81. The van der Waals surface area contributed by atoms with Crippen LogP contribution in [0.2, 0.25) is 0 Å². The molecule has 1 rings (SSSR count). The second-order valence-corrected chi connectivity index (χ2v) is 4.02. The van der Waals surface area contributed by atoms with Gasteiger partial charge in [0.2, 0.25) is 11.8 Å². The fourth-order valence-electron chi connectivity index (χ4n) is 1.17. The van der Waals surface area contributed by atoms with Gasteiger partial charge in [0.1, 0.15) is 0 Å². The molecule has 0 aromatic rings. The number of piperidine rings is 1. The van der Waals surface area contributed by atoms with E-state index in [0.29, 0.717) is 12.8 Å². The van der Waals surface area contributed by atoms with Gasteiger partial charge in [-0.15, -0.1) is 0 Å². The molecule has 1 aliphatic rings. The smallest absolute Gasteiger partial charge is 0.239 e. The summed E-state index contributed by atoms with van der Waals surface area (Å²) in [7, 11) is 0. The highest BCUT2D eigenvalue weighted by Gasteiger charge is 2.35. The number of carbonyl (C=O) groups excluding carboxylic acids is 2. The van der Waals surface area contributed by atoms with Crippen molar-refractivity contribution in [2.24, 2.45) is 5.41 Å². The summed E-state index contributed by atoms with van der Waals surface area (Å²) in [6.45, 7) is 3.81. The molecule has 0 bridgehead atoms. The van der Waals surface area contributed by atoms with E-state index in [4.69, 9.17) is 0 Å². The standard InChI is InChI=1S/C7H11NO2S/c1-7(2)3-5(9)8(11)6(10)4-7/h11H,3-4H2,1-2H3. The predicted octanol–water partition coefficient (Wildman–Crippen LogP) is 1.01. The molecule has 0 atom stereocenters. The van der Waals surface area contributed by atoms with Gasteiger partial charge in [0, 0.05) is 12.8 Å². The van der Waals surface area contributed by atoms with Gasteiger partial charge in [-0.3, -0.25) is 9.59 Å². The maximum atomic E-state index is 11.0. The number of imide groups is 1. The lowest BCUT2D eigenvalue weighted by atomic mass is 9.83. The molecule has 3 nitrogen and oxygen atoms in total. The van der Waals surface area contributed by atoms with Crippen molar-refractivity contribution in [2.75, 3.05) is 0 Å². The van der Waals surface area contributed by atoms with Crippen molar-refractivity contribution in [3.63, 3.8) is 0 Å². The predicted molar refractivity (Wildman–Crippen MR) is 43.9 cm³/mol. The molecule has 4 heteroatoms. The van der Waals surface area contributed by atoms with Crippen LogP contribution in [-0.4, -0.2) is 16.1 Å². The van der Waals surface area contributed by atoms with Crippen molar-refractivity contribution in [1.82, 2.24) is 4.31 Å². The van der Waals surface area contributed by atoms with Crippen molar-refractivity contribution >= 4 is 24.6 Å². The van der Waals surface area contributed by atoms with Gasteiger partial charge in [-0.05, 0) is 5.41 Å². The lowest BCUT2D eigenvalue weighted by Crippen LogP contribution is -2.40. The van der Waals surface area contributed by atoms with E-state index >= 15 is 0 Å². The van der Waals surface area contributed by atoms with Crippen LogP contribution in [0.4, 0.5) is 0 Å². The van der Waals surface area contributed by atoms with E-state index in [1.54, 1.807) is 0 Å². The highest BCUT2D eigenvalue weighted by Crippen LogP contribution is 2.31. The van der Waals surface area contributed by atoms with Crippen molar-refractivity contribution < 1.29 is 9.59 Å². The first-order chi connectivity index (χ1) is 4.92. The minimum atomic E-state index is -0.199. The molecule has 1 fully saturated rings. The third kappa shape index (κ3) is 1.74. The Morgan fingerprint density at radius 2 is 1.64 bits per heavy atom. The van der Waals surface area contributed by atoms with Gasteiger partial charge < -0.3 is 0 Å². The zero-order chi connectivity index (χ0) is 8.65. The third-order valence-electron chi connectivity index (χ3n) is 1.73. The Hall–Kier alpha value is -0.510. The van der Waals surface area contributed by atoms with Gasteiger partial charge in [-0.1, -0.05) is 26.7 Å². The number of hydrogen-bond acceptors (Lipinski definition) is 3. The fourth-order valence-corrected chi connectivity index (χ4v) is 1.31. The lowest BCUT2D eigenvalue weighted by Gasteiger charge is -2.31. The molecule has 1 aliphatic heterocycles. The van der Waals surface area contributed by atoms with Crippen LogP contribution in [0.3, 0.4) is 0 Å². The molecule has 0 unspecified atom stereocenters. The Morgan fingerprint density at radius 1 is 1.27 bits per heavy atom. The van der Waals surface area contributed by atoms with Crippen LogP contribution in [0, 0.1) is 5.41 Å². The molecule has 0 radical (unpaired) electrons. The van der Waals surface area contributed by atoms with E-state index in [-0.39, 0.29) is 17.2 Å². The molecule has 0 aromatic carbocycles. The molecule has 0 aromatic heterocycles. The van der Waals surface area contributed by atoms with Crippen LogP contribution in [0.5, 0.6) is 0 Å². The summed E-state index contributed by atoms with van der Waals surface area (Å²) in [4.78, 5) is 22.1. The van der Waals surface area contributed by atoms with Crippen LogP contribution >= 0.6 is 12.8 Å². The molecule has 1 heterocycles. The molecule has 0 N–H and O–H groups in total. The number of thiol groups is 1. The zero-order valence-corrected chi connectivity index (χ0v) is 7.52. The van der Waals surface area contributed by atoms with Crippen LogP contribution in [0.15, 0.2) is 0 Å². The Kier molecular flexibility index (Phi) is 1.96. The molecule has 62 valence electrons. The van der Waals surface area contributed by atoms with E-state index in [1.165, 1.54) is 0 Å². The number of hydrogen-bond donors (Lipinski definition) is 1. The summed E-state index contributed by atoms with van der Waals surface area (Å²) in [5.41, 5.74) is -0.187. The van der Waals surface area contributed by atoms with Crippen molar-refractivity contribution in [3.8, 4) is 0 Å². The van der Waals surface area contributed by atoms with Crippen LogP contribution in [-0.2, 0) is 9.59 Å². The summed E-state index contributed by atoms with van der Waals surface area (Å²) < 4.78 is 0.908. The topological polar surface area (TPSA) is 37.4 Å². The van der Waals surface area contributed by atoms with Gasteiger partial charge >= 0.3 is 0 Å². The van der Waals surface area contributed by atoms with E-state index in [2.05, 4.69) is 12.8 Å². The molecule has 0 aliphatic carbocycles. The Morgan fingerprint density at radius 3 is 2.00 bits per heavy atom. The third-order valence-corrected chi connectivity index (χ3v) is 2.18. The number of amides is 2. The summed E-state index contributed by atoms with van der Waals surface area (Å²) in [5.74, 6) is -0.399. The molecule has 0 saturated carbocycles. The lowest BCUT2D eigenvalue weighted by molar-refractivity contribution is -0.144. The Bertz CT molecular complexity index is 192. The van der Waals surface area contributed by atoms with E-state index in [1.807, 2.05) is 13.8 Å². The van der Waals surface area contributed by atoms with Crippen LogP contribution in [0.25, 0.3) is 0 Å². The minimum absolute atomic E-state index is 0.187. The average molecular weight is 173 g/mol. The highest BCUT2D eigenvalue weighted by molar-refractivity contribution is 7.79. The molecule has 11 heavy (non-hydrogen) atoms. The van der Waals surface area contributed by atoms with Gasteiger partial charge in [-0.2, -0.15) is 0 Å². The quantitative estimate of drug-likeness (QED) is 0.438. The molecular formula is C7H11NO2S. The maximum Gasteiger partial charge on any atom is 0.239 e. The molecule has 1 saturated heterocycles. The molecular weight excluding hydrogens is 162 g/mol. The van der Waals surface area contributed by atoms with Gasteiger partial charge in [0.05, 0.1) is 0 Å². The minimum Gasteiger partial charge on any atom is -0.273 e. The summed E-state index contributed by atoms with van der Waals surface area (Å²) >= 11 is 3.76. The van der Waals surface area contributed by atoms with E-state index in [9.17, 15) is 9.59 Å². The van der Waals surface area contributed by atoms with E-state index in [0.717, 1.165) is 4.31 Å². The largest absolute Gasteiger partial charge is 0.273 e. The van der Waals surface area contributed by atoms with Gasteiger partial charge in [0.15, 0.2) is 0 Å². The maximum absolute atomic E-state index is 11.0. The first-order valence-electron chi connectivity index (χ1n) is 3.47. The monoisotopic (exact) mass is 173 g/mol. The van der Waals surface area contributed by atoms with Crippen molar-refractivity contribution in [3.05, 3.63) is 0 Å². The summed E-state index contributed by atoms with van der Waals surface area (Å²) in [5, 5.41) is 0. The SMILES string of the molecule is CC1(C)CC(=O)N(S)C(=O)C1. The fraction of sp³-hybridized carbons (Fsp3) is 0.714. The second-order valence-electron chi connectivity index (χ2n) is 3.62. The van der Waals surface area contributed by atoms with Crippen LogP contribution < -0.4 is 0 Å². The first kappa shape index (κ1) is 8.59. The number of carbonyl (C=O) groups is 2. The number of nitrogens with zero attached hydrogens (tertiary/aromatic N) is 1. The van der Waals surface area contributed by atoms with Crippen molar-refractivity contribution in [1.29, 1.82) is 0 Å². The van der Waals surface area contributed by atoms with Crippen LogP contribution in [0.1, 0.15) is 26.7 Å². The Balaban J connectivity index is 2.78. The summed E-state index contributed by atoms with van der Waals surface area (Å²) in [6, 6.07) is 0. The van der Waals surface area contributed by atoms with Gasteiger partial charge in [-0.25, -0.2) is 4.31 Å². The molecule has 2 amide bonds. The van der Waals surface area contributed by atoms with Crippen molar-refractivity contribution in [2.45, 2.75) is 26.7 Å². The Labute approximate surface area is 71.3 Å². The number of rotatable bonds is 0. The molecule has 0 spiro atoms. The summed E-state index contributed by atoms with van der Waals surface area (Å²) in [6.07, 6.45) is 0.810. The second kappa shape index (κ2) is 2.52. The zero-order valence-electron chi connectivity index (χ0n) is 6.63. The first-order valence-corrected chi connectivity index (χ1v) is 3.87. The van der Waals surface area contributed by atoms with Gasteiger partial charge in [0.25, 0.3) is 0 Å². The highest BCUT2D eigenvalue weighted by atomic mass is 32.1. The van der Waals surface area contributed by atoms with E-state index < -0.39 is 0 Å².